The van der Waals surface area contributed by atoms with Crippen LogP contribution in [0.5, 0.6) is 5.75 Å². The lowest BCUT2D eigenvalue weighted by Crippen LogP contribution is -2.60. The highest BCUT2D eigenvalue weighted by Crippen LogP contribution is 2.46. The highest BCUT2D eigenvalue weighted by Gasteiger charge is 2.57. The normalized spacial score (nSPS) is 26.6. The molecule has 2 bridgehead atoms. The number of rotatable bonds is 5. The minimum absolute atomic E-state index is 0.00245. The van der Waals surface area contributed by atoms with Gasteiger partial charge in [-0.1, -0.05) is 6.07 Å². The van der Waals surface area contributed by atoms with Gasteiger partial charge in [-0.25, -0.2) is 4.98 Å². The summed E-state index contributed by atoms with van der Waals surface area (Å²) in [6.07, 6.45) is 3.91. The molecule has 178 valence electrons. The van der Waals surface area contributed by atoms with Crippen molar-refractivity contribution in [1.82, 2.24) is 30.7 Å². The maximum Gasteiger partial charge on any atom is 0.395 e. The van der Waals surface area contributed by atoms with E-state index < -0.39 is 24.2 Å². The Hall–Kier alpha value is -3.21. The molecule has 3 aliphatic rings. The molecule has 3 fully saturated rings. The zero-order valence-electron chi connectivity index (χ0n) is 18.2. The van der Waals surface area contributed by atoms with Crippen LogP contribution in [0.1, 0.15) is 32.1 Å². The van der Waals surface area contributed by atoms with Crippen LogP contribution in [0.4, 0.5) is 19.1 Å². The van der Waals surface area contributed by atoms with Crippen LogP contribution in [-0.2, 0) is 0 Å². The Morgan fingerprint density at radius 3 is 2.53 bits per heavy atom. The van der Waals surface area contributed by atoms with E-state index in [1.54, 1.807) is 29.4 Å². The van der Waals surface area contributed by atoms with E-state index in [0.717, 1.165) is 30.4 Å². The lowest BCUT2D eigenvalue weighted by molar-refractivity contribution is -0.191. The summed E-state index contributed by atoms with van der Waals surface area (Å²) in [6, 6.07) is 3.96. The summed E-state index contributed by atoms with van der Waals surface area (Å²) >= 11 is 0. The molecule has 4 atom stereocenters. The monoisotopic (exact) mass is 471 g/mol. The summed E-state index contributed by atoms with van der Waals surface area (Å²) in [7, 11) is 0. The first-order chi connectivity index (χ1) is 16.4. The second-order valence-corrected chi connectivity index (χ2v) is 9.42. The molecular weight excluding hydrogens is 447 g/mol. The van der Waals surface area contributed by atoms with Gasteiger partial charge in [-0.3, -0.25) is 5.10 Å². The van der Waals surface area contributed by atoms with E-state index in [9.17, 15) is 18.3 Å². The number of aromatic hydroxyl groups is 1. The number of halogens is 3. The molecular formula is C23H24F3N7O. The molecule has 0 radical (unpaired) electrons. The molecule has 6 rings (SSSR count). The third-order valence-electron chi connectivity index (χ3n) is 7.21. The summed E-state index contributed by atoms with van der Waals surface area (Å²) in [5.74, 6) is -1.23. The van der Waals surface area contributed by atoms with Gasteiger partial charge in [-0.05, 0) is 49.8 Å². The number of benzene rings is 1. The maximum absolute atomic E-state index is 14.1. The molecule has 0 amide bonds. The Balaban J connectivity index is 1.30. The van der Waals surface area contributed by atoms with Crippen LogP contribution in [0.2, 0.25) is 0 Å². The third kappa shape index (κ3) is 3.77. The quantitative estimate of drug-likeness (QED) is 0.522. The number of hydrogen-bond donors (Lipinski definition) is 3. The minimum Gasteiger partial charge on any atom is -0.507 e. The predicted octanol–water partition coefficient (Wildman–Crippen LogP) is 3.67. The summed E-state index contributed by atoms with van der Waals surface area (Å²) in [6.45, 7) is 0. The zero-order chi connectivity index (χ0) is 23.4. The van der Waals surface area contributed by atoms with Gasteiger partial charge in [0, 0.05) is 41.5 Å². The molecule has 1 saturated carbocycles. The van der Waals surface area contributed by atoms with Crippen LogP contribution in [0.15, 0.2) is 36.8 Å². The van der Waals surface area contributed by atoms with Crippen molar-refractivity contribution < 1.29 is 18.3 Å². The molecule has 2 aromatic heterocycles. The third-order valence-corrected chi connectivity index (χ3v) is 7.21. The standard InChI is InChI=1S/C23H24F3N7O/c24-23(25,26)21-17-6-2-14(30-17)8-19(21)33(15-3-4-15)22-27-11-18(31-32-22)16-5-1-12(7-20(16)34)13-9-28-29-10-13/h1,5,7,9-11,14-15,17,19,21,30,34H,2-4,6,8H2,(H,28,29)/t14-,17+,19-,21+/m0/s1. The molecule has 3 N–H and O–H groups in total. The number of nitrogens with one attached hydrogen (secondary N) is 2. The average Bonchev–Trinajstić information content (AvgIpc) is 3.34. The fraction of sp³-hybridized carbons (Fsp3) is 0.478. The van der Waals surface area contributed by atoms with Crippen molar-refractivity contribution in [1.29, 1.82) is 0 Å². The second kappa shape index (κ2) is 7.93. The highest BCUT2D eigenvalue weighted by molar-refractivity contribution is 5.73. The SMILES string of the molecule is Oc1cc(-c2cn[nH]c2)ccc1-c1cnc(N(C2CC2)[C@H]2C[C@@H]3CC[C@@H](N3)[C@H]2C(F)(F)F)nn1. The van der Waals surface area contributed by atoms with Crippen molar-refractivity contribution in [3.05, 3.63) is 36.8 Å². The molecule has 4 heterocycles. The Labute approximate surface area is 193 Å². The summed E-state index contributed by atoms with van der Waals surface area (Å²) in [4.78, 5) is 6.20. The summed E-state index contributed by atoms with van der Waals surface area (Å²) < 4.78 is 42.3. The molecule has 1 aromatic carbocycles. The number of fused-ring (bicyclic) bond motifs is 2. The molecule has 0 spiro atoms. The second-order valence-electron chi connectivity index (χ2n) is 9.42. The van der Waals surface area contributed by atoms with Gasteiger partial charge in [0.2, 0.25) is 5.95 Å². The van der Waals surface area contributed by atoms with Crippen LogP contribution in [0.25, 0.3) is 22.4 Å². The van der Waals surface area contributed by atoms with E-state index in [4.69, 9.17) is 0 Å². The lowest BCUT2D eigenvalue weighted by Gasteiger charge is -2.44. The fourth-order valence-electron chi connectivity index (χ4n) is 5.54. The minimum atomic E-state index is -4.30. The first-order valence-corrected chi connectivity index (χ1v) is 11.5. The lowest BCUT2D eigenvalue weighted by atomic mass is 9.85. The van der Waals surface area contributed by atoms with E-state index >= 15 is 0 Å². The maximum atomic E-state index is 14.1. The number of anilines is 1. The largest absolute Gasteiger partial charge is 0.507 e. The van der Waals surface area contributed by atoms with Gasteiger partial charge in [0.1, 0.15) is 11.4 Å². The molecule has 1 aliphatic carbocycles. The average molecular weight is 471 g/mol. The number of H-pyrrole nitrogens is 1. The van der Waals surface area contributed by atoms with E-state index in [-0.39, 0.29) is 23.8 Å². The Bertz CT molecular complexity index is 1160. The van der Waals surface area contributed by atoms with Gasteiger partial charge in [-0.2, -0.15) is 18.3 Å². The number of phenols is 1. The van der Waals surface area contributed by atoms with Crippen LogP contribution in [-0.4, -0.2) is 60.8 Å². The van der Waals surface area contributed by atoms with Crippen molar-refractivity contribution in [2.24, 2.45) is 5.92 Å². The van der Waals surface area contributed by atoms with Crippen molar-refractivity contribution in [2.75, 3.05) is 4.90 Å². The molecule has 3 aromatic rings. The molecule has 11 heteroatoms. The van der Waals surface area contributed by atoms with Gasteiger partial charge in [-0.15, -0.1) is 10.2 Å². The Kier molecular flexibility index (Phi) is 4.98. The van der Waals surface area contributed by atoms with Gasteiger partial charge < -0.3 is 15.3 Å². The van der Waals surface area contributed by atoms with Gasteiger partial charge in [0.05, 0.1) is 18.3 Å². The topological polar surface area (TPSA) is 103 Å². The smallest absolute Gasteiger partial charge is 0.395 e. The summed E-state index contributed by atoms with van der Waals surface area (Å²) in [5.41, 5.74) is 2.42. The molecule has 2 saturated heterocycles. The summed E-state index contributed by atoms with van der Waals surface area (Å²) in [5, 5.41) is 28.8. The fourth-order valence-corrected chi connectivity index (χ4v) is 5.54. The van der Waals surface area contributed by atoms with Crippen molar-refractivity contribution in [3.63, 3.8) is 0 Å². The van der Waals surface area contributed by atoms with Crippen LogP contribution < -0.4 is 10.2 Å². The van der Waals surface area contributed by atoms with Crippen molar-refractivity contribution in [3.8, 4) is 28.1 Å². The number of hydrogen-bond acceptors (Lipinski definition) is 7. The number of phenolic OH excluding ortho intramolecular Hbond substituents is 1. The van der Waals surface area contributed by atoms with Crippen molar-refractivity contribution >= 4 is 5.95 Å². The van der Waals surface area contributed by atoms with Crippen LogP contribution in [0, 0.1) is 5.92 Å². The van der Waals surface area contributed by atoms with Crippen LogP contribution >= 0.6 is 0 Å². The van der Waals surface area contributed by atoms with E-state index in [1.807, 2.05) is 6.07 Å². The van der Waals surface area contributed by atoms with E-state index in [2.05, 4.69) is 30.7 Å². The Morgan fingerprint density at radius 2 is 1.88 bits per heavy atom. The van der Waals surface area contributed by atoms with Crippen LogP contribution in [0.3, 0.4) is 0 Å². The first-order valence-electron chi connectivity index (χ1n) is 11.5. The highest BCUT2D eigenvalue weighted by atomic mass is 19.4. The molecule has 2 aliphatic heterocycles. The zero-order valence-corrected chi connectivity index (χ0v) is 18.2. The molecule has 34 heavy (non-hydrogen) atoms. The van der Waals surface area contributed by atoms with Gasteiger partial charge in [0.15, 0.2) is 0 Å². The number of aromatic nitrogens is 5. The van der Waals surface area contributed by atoms with Gasteiger partial charge in [0.25, 0.3) is 0 Å². The number of alkyl halides is 3. The Morgan fingerprint density at radius 1 is 1.03 bits per heavy atom. The molecule has 8 nitrogen and oxygen atoms in total. The number of aromatic amines is 1. The first kappa shape index (κ1) is 21.3. The van der Waals surface area contributed by atoms with E-state index in [1.165, 1.54) is 6.20 Å². The predicted molar refractivity (Wildman–Crippen MR) is 118 cm³/mol. The number of piperidine rings is 1. The molecule has 0 unspecified atom stereocenters. The van der Waals surface area contributed by atoms with Gasteiger partial charge >= 0.3 is 6.18 Å². The van der Waals surface area contributed by atoms with Crippen molar-refractivity contribution in [2.45, 2.75) is 62.4 Å². The van der Waals surface area contributed by atoms with E-state index in [0.29, 0.717) is 24.1 Å². The number of nitrogens with zero attached hydrogens (tertiary/aromatic N) is 5.